The third-order valence-electron chi connectivity index (χ3n) is 3.57. The molecule has 1 N–H and O–H groups in total. The minimum absolute atomic E-state index is 0.0747. The van der Waals surface area contributed by atoms with Crippen molar-refractivity contribution in [1.82, 2.24) is 10.2 Å². The Hall–Kier alpha value is -2.04. The lowest BCUT2D eigenvalue weighted by Crippen LogP contribution is -2.30. The Kier molecular flexibility index (Phi) is 5.20. The number of cyclic esters (lactones) is 1. The van der Waals surface area contributed by atoms with Gasteiger partial charge in [-0.2, -0.15) is 0 Å². The summed E-state index contributed by atoms with van der Waals surface area (Å²) in [6.07, 6.45) is 0.468. The number of hydrogen-bond donors (Lipinski definition) is 1. The molecule has 0 radical (unpaired) electrons. The van der Waals surface area contributed by atoms with Crippen LogP contribution >= 0.6 is 0 Å². The largest absolute Gasteiger partial charge is 0.448 e. The van der Waals surface area contributed by atoms with Gasteiger partial charge in [-0.15, -0.1) is 0 Å². The number of ether oxygens (including phenoxy) is 1. The lowest BCUT2D eigenvalue weighted by Gasteiger charge is -2.12. The van der Waals surface area contributed by atoms with E-state index in [1.165, 1.54) is 5.56 Å². The fourth-order valence-corrected chi connectivity index (χ4v) is 2.22. The van der Waals surface area contributed by atoms with Gasteiger partial charge in [0.15, 0.2) is 0 Å². The van der Waals surface area contributed by atoms with Crippen LogP contribution in [0.4, 0.5) is 4.79 Å². The van der Waals surface area contributed by atoms with E-state index in [2.05, 4.69) is 19.2 Å². The number of nitrogens with zero attached hydrogens (tertiary/aromatic N) is 1. The van der Waals surface area contributed by atoms with E-state index in [0.717, 1.165) is 6.42 Å². The molecule has 0 unspecified atom stereocenters. The second-order valence-corrected chi connectivity index (χ2v) is 5.49. The van der Waals surface area contributed by atoms with Crippen molar-refractivity contribution in [3.63, 3.8) is 0 Å². The smallest absolute Gasteiger partial charge is 0.409 e. The maximum atomic E-state index is 12.0. The van der Waals surface area contributed by atoms with E-state index in [1.807, 2.05) is 24.3 Å². The van der Waals surface area contributed by atoms with Gasteiger partial charge < -0.3 is 15.0 Å². The van der Waals surface area contributed by atoms with E-state index >= 15 is 0 Å². The van der Waals surface area contributed by atoms with Crippen LogP contribution in [0.25, 0.3) is 0 Å². The minimum Gasteiger partial charge on any atom is -0.448 e. The van der Waals surface area contributed by atoms with Gasteiger partial charge in [0.05, 0.1) is 6.54 Å². The highest BCUT2D eigenvalue weighted by molar-refractivity contribution is 5.94. The van der Waals surface area contributed by atoms with Gasteiger partial charge in [-0.05, 0) is 30.0 Å². The van der Waals surface area contributed by atoms with E-state index < -0.39 is 0 Å². The van der Waals surface area contributed by atoms with E-state index in [-0.39, 0.29) is 12.0 Å². The maximum Gasteiger partial charge on any atom is 0.409 e. The third kappa shape index (κ3) is 4.21. The molecule has 1 aromatic rings. The van der Waals surface area contributed by atoms with Gasteiger partial charge in [-0.1, -0.05) is 26.0 Å². The fourth-order valence-electron chi connectivity index (χ4n) is 2.22. The Morgan fingerprint density at radius 2 is 2.05 bits per heavy atom. The fraction of sp³-hybridized carbons (Fsp3) is 0.500. The molecule has 1 heterocycles. The van der Waals surface area contributed by atoms with E-state index in [4.69, 9.17) is 4.74 Å². The Morgan fingerprint density at radius 1 is 1.33 bits per heavy atom. The van der Waals surface area contributed by atoms with Gasteiger partial charge >= 0.3 is 6.09 Å². The molecular formula is C16H22N2O3. The van der Waals surface area contributed by atoms with Crippen LogP contribution in [0.3, 0.4) is 0 Å². The molecule has 5 nitrogen and oxygen atoms in total. The minimum atomic E-state index is -0.259. The predicted octanol–water partition coefficient (Wildman–Crippen LogP) is 2.38. The molecule has 0 bridgehead atoms. The molecule has 0 atom stereocenters. The highest BCUT2D eigenvalue weighted by atomic mass is 16.6. The second kappa shape index (κ2) is 7.11. The Labute approximate surface area is 125 Å². The summed E-state index contributed by atoms with van der Waals surface area (Å²) in [7, 11) is 0. The topological polar surface area (TPSA) is 58.6 Å². The van der Waals surface area contributed by atoms with Crippen LogP contribution in [0.15, 0.2) is 24.3 Å². The van der Waals surface area contributed by atoms with E-state index in [1.54, 1.807) is 4.90 Å². The zero-order chi connectivity index (χ0) is 15.2. The van der Waals surface area contributed by atoms with Crippen LogP contribution in [-0.4, -0.2) is 43.1 Å². The number of carbonyl (C=O) groups excluding carboxylic acids is 2. The molecule has 1 saturated heterocycles. The number of hydrogen-bond acceptors (Lipinski definition) is 3. The molecular weight excluding hydrogens is 268 g/mol. The number of benzene rings is 1. The van der Waals surface area contributed by atoms with Crippen molar-refractivity contribution in [2.24, 2.45) is 0 Å². The van der Waals surface area contributed by atoms with Crippen molar-refractivity contribution in [2.75, 3.05) is 26.2 Å². The van der Waals surface area contributed by atoms with Gasteiger partial charge in [0.1, 0.15) is 6.61 Å². The van der Waals surface area contributed by atoms with Gasteiger partial charge in [0.2, 0.25) is 0 Å². The zero-order valence-electron chi connectivity index (χ0n) is 12.6. The van der Waals surface area contributed by atoms with Crippen LogP contribution in [-0.2, 0) is 4.74 Å². The van der Waals surface area contributed by atoms with Crippen LogP contribution < -0.4 is 5.32 Å². The van der Waals surface area contributed by atoms with Crippen molar-refractivity contribution in [3.8, 4) is 0 Å². The summed E-state index contributed by atoms with van der Waals surface area (Å²) in [6, 6.07) is 7.67. The highest BCUT2D eigenvalue weighted by Crippen LogP contribution is 2.14. The molecule has 1 fully saturated rings. The first-order valence-electron chi connectivity index (χ1n) is 7.38. The quantitative estimate of drug-likeness (QED) is 0.818. The standard InChI is InChI=1S/C16H22N2O3/c1-12(2)13-4-6-14(7-5-13)15(19)17-8-3-9-18-10-11-21-16(18)20/h4-7,12H,3,8-11H2,1-2H3,(H,17,19). The molecule has 0 aromatic heterocycles. The summed E-state index contributed by atoms with van der Waals surface area (Å²) in [6.45, 7) is 6.52. The van der Waals surface area contributed by atoms with Crippen LogP contribution in [0.2, 0.25) is 0 Å². The predicted molar refractivity (Wildman–Crippen MR) is 80.4 cm³/mol. The number of nitrogens with one attached hydrogen (secondary N) is 1. The molecule has 1 aliphatic heterocycles. The van der Waals surface area contributed by atoms with Crippen molar-refractivity contribution in [1.29, 1.82) is 0 Å². The summed E-state index contributed by atoms with van der Waals surface area (Å²) in [5, 5.41) is 2.87. The third-order valence-corrected chi connectivity index (χ3v) is 3.57. The Bertz CT molecular complexity index is 497. The van der Waals surface area contributed by atoms with Crippen molar-refractivity contribution >= 4 is 12.0 Å². The van der Waals surface area contributed by atoms with Gasteiger partial charge in [-0.3, -0.25) is 4.79 Å². The lowest BCUT2D eigenvalue weighted by atomic mass is 10.0. The van der Waals surface area contributed by atoms with E-state index in [9.17, 15) is 9.59 Å². The van der Waals surface area contributed by atoms with Gasteiger partial charge in [0.25, 0.3) is 5.91 Å². The first kappa shape index (κ1) is 15.4. The molecule has 1 aromatic carbocycles. The van der Waals surface area contributed by atoms with Crippen LogP contribution in [0.5, 0.6) is 0 Å². The van der Waals surface area contributed by atoms with Crippen LogP contribution in [0.1, 0.15) is 42.1 Å². The molecule has 0 spiro atoms. The zero-order valence-corrected chi connectivity index (χ0v) is 12.6. The van der Waals surface area contributed by atoms with Gasteiger partial charge in [-0.25, -0.2) is 4.79 Å². The molecule has 0 saturated carbocycles. The lowest BCUT2D eigenvalue weighted by molar-refractivity contribution is 0.0952. The van der Waals surface area contributed by atoms with Crippen LogP contribution in [0, 0.1) is 0 Å². The Morgan fingerprint density at radius 3 is 2.62 bits per heavy atom. The second-order valence-electron chi connectivity index (χ2n) is 5.49. The monoisotopic (exact) mass is 290 g/mol. The molecule has 21 heavy (non-hydrogen) atoms. The average molecular weight is 290 g/mol. The normalized spacial score (nSPS) is 14.4. The number of carbonyl (C=O) groups is 2. The summed E-state index contributed by atoms with van der Waals surface area (Å²) in [5.74, 6) is 0.386. The average Bonchev–Trinajstić information content (AvgIpc) is 2.89. The van der Waals surface area contributed by atoms with Gasteiger partial charge in [0, 0.05) is 18.7 Å². The number of rotatable bonds is 6. The summed E-state index contributed by atoms with van der Waals surface area (Å²) in [5.41, 5.74) is 1.89. The molecule has 1 aliphatic rings. The first-order valence-corrected chi connectivity index (χ1v) is 7.38. The maximum absolute atomic E-state index is 12.0. The van der Waals surface area contributed by atoms with E-state index in [0.29, 0.717) is 37.7 Å². The summed E-state index contributed by atoms with van der Waals surface area (Å²) in [4.78, 5) is 24.9. The SMILES string of the molecule is CC(C)c1ccc(C(=O)NCCCN2CCOC2=O)cc1. The highest BCUT2D eigenvalue weighted by Gasteiger charge is 2.20. The molecule has 2 rings (SSSR count). The van der Waals surface area contributed by atoms with Crippen molar-refractivity contribution in [2.45, 2.75) is 26.2 Å². The molecule has 5 heteroatoms. The molecule has 0 aliphatic carbocycles. The first-order chi connectivity index (χ1) is 10.1. The summed E-state index contributed by atoms with van der Waals surface area (Å²) < 4.78 is 4.84. The molecule has 2 amide bonds. The van der Waals surface area contributed by atoms with Crippen molar-refractivity contribution in [3.05, 3.63) is 35.4 Å². The number of amides is 2. The molecule has 114 valence electrons. The van der Waals surface area contributed by atoms with Crippen molar-refractivity contribution < 1.29 is 14.3 Å². The summed E-state index contributed by atoms with van der Waals surface area (Å²) >= 11 is 0. The Balaban J connectivity index is 1.72.